The van der Waals surface area contributed by atoms with Crippen LogP contribution in [-0.4, -0.2) is 20.8 Å². The van der Waals surface area contributed by atoms with Gasteiger partial charge in [-0.2, -0.15) is 8.42 Å². The van der Waals surface area contributed by atoms with E-state index in [2.05, 4.69) is 24.3 Å². The quantitative estimate of drug-likeness (QED) is 0.382. The van der Waals surface area contributed by atoms with Gasteiger partial charge >= 0.3 is 0 Å². The molecule has 2 aromatic rings. The summed E-state index contributed by atoms with van der Waals surface area (Å²) in [5.41, 5.74) is 3.90. The normalized spacial score (nSPS) is 15.6. The number of rotatable bonds is 10. The number of hydrogen-bond donors (Lipinski definition) is 0. The average molecular weight is 401 g/mol. The second kappa shape index (κ2) is 10.8. The molecule has 0 aliphatic heterocycles. The molecule has 0 amide bonds. The molecule has 3 nitrogen and oxygen atoms in total. The van der Waals surface area contributed by atoms with E-state index in [4.69, 9.17) is 4.18 Å². The van der Waals surface area contributed by atoms with E-state index in [1.807, 2.05) is 30.3 Å². The highest BCUT2D eigenvalue weighted by Crippen LogP contribution is 2.32. The summed E-state index contributed by atoms with van der Waals surface area (Å²) >= 11 is 0. The second-order valence-electron chi connectivity index (χ2n) is 7.86. The number of benzene rings is 2. The van der Waals surface area contributed by atoms with Crippen LogP contribution in [0, 0.1) is 0 Å². The fraction of sp³-hybridized carbons (Fsp3) is 0.500. The van der Waals surface area contributed by atoms with Crippen molar-refractivity contribution in [2.75, 3.05) is 12.4 Å². The van der Waals surface area contributed by atoms with Crippen LogP contribution < -0.4 is 0 Å². The van der Waals surface area contributed by atoms with E-state index in [0.29, 0.717) is 12.3 Å². The van der Waals surface area contributed by atoms with Crippen molar-refractivity contribution in [2.24, 2.45) is 0 Å². The zero-order valence-corrected chi connectivity index (χ0v) is 17.5. The largest absolute Gasteiger partial charge is 0.270 e. The van der Waals surface area contributed by atoms with Crippen molar-refractivity contribution in [3.63, 3.8) is 0 Å². The summed E-state index contributed by atoms with van der Waals surface area (Å²) in [7, 11) is -3.43. The van der Waals surface area contributed by atoms with Crippen molar-refractivity contribution in [2.45, 2.75) is 63.7 Å². The molecule has 28 heavy (non-hydrogen) atoms. The van der Waals surface area contributed by atoms with Crippen molar-refractivity contribution >= 4 is 10.1 Å². The van der Waals surface area contributed by atoms with E-state index in [9.17, 15) is 8.42 Å². The van der Waals surface area contributed by atoms with Gasteiger partial charge < -0.3 is 0 Å². The Labute approximate surface area is 170 Å². The van der Waals surface area contributed by atoms with Crippen LogP contribution >= 0.6 is 0 Å². The topological polar surface area (TPSA) is 43.4 Å². The molecule has 0 bridgehead atoms. The maximum absolute atomic E-state index is 12.1. The van der Waals surface area contributed by atoms with Crippen LogP contribution in [-0.2, 0) is 27.1 Å². The Bertz CT molecular complexity index is 809. The van der Waals surface area contributed by atoms with Crippen LogP contribution in [0.15, 0.2) is 54.6 Å². The zero-order valence-electron chi connectivity index (χ0n) is 16.7. The standard InChI is InChI=1S/C24H32O3S/c25-28(26,19-9-14-21-10-3-1-4-11-21)27-18-8-13-22-12-7-17-24(20-22)23-15-5-2-6-16-23/h1,3-4,7,10-12,17,20,23H,2,5-6,8-9,13-16,18-19H2. The third-order valence-electron chi connectivity index (χ3n) is 5.60. The van der Waals surface area contributed by atoms with Crippen molar-refractivity contribution in [3.8, 4) is 0 Å². The highest BCUT2D eigenvalue weighted by molar-refractivity contribution is 7.86. The van der Waals surface area contributed by atoms with Gasteiger partial charge in [-0.3, -0.25) is 4.18 Å². The van der Waals surface area contributed by atoms with Gasteiger partial charge in [-0.25, -0.2) is 0 Å². The van der Waals surface area contributed by atoms with Crippen LogP contribution in [0.25, 0.3) is 0 Å². The van der Waals surface area contributed by atoms with Crippen molar-refractivity contribution in [1.29, 1.82) is 0 Å². The summed E-state index contributed by atoms with van der Waals surface area (Å²) in [5.74, 6) is 0.786. The molecule has 1 fully saturated rings. The zero-order chi connectivity index (χ0) is 19.7. The van der Waals surface area contributed by atoms with Crippen molar-refractivity contribution in [3.05, 3.63) is 71.3 Å². The van der Waals surface area contributed by atoms with Crippen LogP contribution in [0.4, 0.5) is 0 Å². The van der Waals surface area contributed by atoms with Crippen molar-refractivity contribution < 1.29 is 12.6 Å². The van der Waals surface area contributed by atoms with Gasteiger partial charge in [0.05, 0.1) is 12.4 Å². The molecule has 152 valence electrons. The maximum Gasteiger partial charge on any atom is 0.267 e. The third kappa shape index (κ3) is 7.06. The first-order chi connectivity index (χ1) is 13.6. The van der Waals surface area contributed by atoms with Gasteiger partial charge in [-0.15, -0.1) is 0 Å². The lowest BCUT2D eigenvalue weighted by Gasteiger charge is -2.22. The lowest BCUT2D eigenvalue weighted by Crippen LogP contribution is -2.12. The van der Waals surface area contributed by atoms with Crippen LogP contribution in [0.5, 0.6) is 0 Å². The molecule has 0 saturated heterocycles. The summed E-state index contributed by atoms with van der Waals surface area (Å²) in [6.45, 7) is 0.265. The van der Waals surface area contributed by atoms with E-state index in [-0.39, 0.29) is 12.4 Å². The first-order valence-electron chi connectivity index (χ1n) is 10.6. The van der Waals surface area contributed by atoms with Crippen LogP contribution in [0.1, 0.15) is 67.6 Å². The fourth-order valence-electron chi connectivity index (χ4n) is 4.06. The molecule has 0 aromatic heterocycles. The molecule has 0 atom stereocenters. The lowest BCUT2D eigenvalue weighted by molar-refractivity contribution is 0.312. The Hall–Kier alpha value is -1.65. The minimum atomic E-state index is -3.43. The van der Waals surface area contributed by atoms with E-state index in [1.54, 1.807) is 0 Å². The van der Waals surface area contributed by atoms with E-state index in [1.165, 1.54) is 43.2 Å². The SMILES string of the molecule is O=S(=O)(CCCc1ccccc1)OCCCc1cccc(C2CCCCC2)c1. The molecule has 3 rings (SSSR count). The minimum Gasteiger partial charge on any atom is -0.270 e. The molecule has 0 N–H and O–H groups in total. The smallest absolute Gasteiger partial charge is 0.267 e. The monoisotopic (exact) mass is 400 g/mol. The highest BCUT2D eigenvalue weighted by Gasteiger charge is 2.15. The number of aryl methyl sites for hydroxylation is 2. The van der Waals surface area contributed by atoms with Gasteiger partial charge in [0.15, 0.2) is 0 Å². The third-order valence-corrected chi connectivity index (χ3v) is 6.92. The van der Waals surface area contributed by atoms with E-state index in [0.717, 1.165) is 24.8 Å². The summed E-state index contributed by atoms with van der Waals surface area (Å²) in [4.78, 5) is 0. The van der Waals surface area contributed by atoms with Gasteiger partial charge in [-0.1, -0.05) is 73.9 Å². The minimum absolute atomic E-state index is 0.0824. The van der Waals surface area contributed by atoms with E-state index >= 15 is 0 Å². The second-order valence-corrected chi connectivity index (χ2v) is 9.62. The highest BCUT2D eigenvalue weighted by atomic mass is 32.2. The number of hydrogen-bond acceptors (Lipinski definition) is 3. The van der Waals surface area contributed by atoms with Crippen LogP contribution in [0.2, 0.25) is 0 Å². The molecule has 2 aromatic carbocycles. The van der Waals surface area contributed by atoms with Crippen molar-refractivity contribution in [1.82, 2.24) is 0 Å². The van der Waals surface area contributed by atoms with Gasteiger partial charge in [0.1, 0.15) is 0 Å². The summed E-state index contributed by atoms with van der Waals surface area (Å²) in [6.07, 6.45) is 9.59. The Morgan fingerprint density at radius 3 is 2.32 bits per heavy atom. The fourth-order valence-corrected chi connectivity index (χ4v) is 5.04. The van der Waals surface area contributed by atoms with Gasteiger partial charge in [0.25, 0.3) is 10.1 Å². The van der Waals surface area contributed by atoms with Crippen LogP contribution in [0.3, 0.4) is 0 Å². The molecule has 1 aliphatic carbocycles. The molecule has 0 spiro atoms. The van der Waals surface area contributed by atoms with E-state index < -0.39 is 10.1 Å². The molecular weight excluding hydrogens is 368 g/mol. The Morgan fingerprint density at radius 1 is 0.821 bits per heavy atom. The summed E-state index contributed by atoms with van der Waals surface area (Å²) < 4.78 is 29.3. The predicted molar refractivity (Wildman–Crippen MR) is 115 cm³/mol. The molecule has 0 unspecified atom stereocenters. The maximum atomic E-state index is 12.1. The first kappa shape index (κ1) is 21.1. The van der Waals surface area contributed by atoms with Gasteiger partial charge in [0.2, 0.25) is 0 Å². The molecule has 0 radical (unpaired) electrons. The molecule has 4 heteroatoms. The average Bonchev–Trinajstić information content (AvgIpc) is 2.73. The molecule has 1 aliphatic rings. The lowest BCUT2D eigenvalue weighted by atomic mass is 9.83. The Balaban J connectivity index is 1.37. The Kier molecular flexibility index (Phi) is 8.11. The molecule has 1 saturated carbocycles. The molecule has 0 heterocycles. The first-order valence-corrected chi connectivity index (χ1v) is 12.2. The molecular formula is C24H32O3S. The summed E-state index contributed by atoms with van der Waals surface area (Å²) in [6, 6.07) is 18.8. The summed E-state index contributed by atoms with van der Waals surface area (Å²) in [5, 5.41) is 0. The predicted octanol–water partition coefficient (Wildman–Crippen LogP) is 5.65. The van der Waals surface area contributed by atoms with Gasteiger partial charge in [-0.05, 0) is 61.1 Å². The Morgan fingerprint density at radius 2 is 1.54 bits per heavy atom. The van der Waals surface area contributed by atoms with Gasteiger partial charge in [0, 0.05) is 0 Å².